The molecule has 0 saturated heterocycles. The summed E-state index contributed by atoms with van der Waals surface area (Å²) in [5, 5.41) is 22.0. The fourth-order valence-electron chi connectivity index (χ4n) is 2.02. The lowest BCUT2D eigenvalue weighted by Gasteiger charge is -2.16. The molecule has 2 atom stereocenters. The van der Waals surface area contributed by atoms with Crippen molar-refractivity contribution in [1.29, 1.82) is 0 Å². The maximum absolute atomic E-state index is 9.56. The molecule has 4 heteroatoms. The van der Waals surface area contributed by atoms with Gasteiger partial charge in [0.2, 0.25) is 0 Å². The predicted octanol–water partition coefficient (Wildman–Crippen LogP) is 0.539. The molecular weight excluding hydrogens is 228 g/mol. The van der Waals surface area contributed by atoms with Crippen molar-refractivity contribution in [2.24, 2.45) is 5.73 Å². The fraction of sp³-hybridized carbons (Fsp3) is 0.571. The number of rotatable bonds is 7. The molecule has 5 N–H and O–H groups in total. The van der Waals surface area contributed by atoms with Crippen LogP contribution in [0.3, 0.4) is 0 Å². The molecule has 0 aliphatic heterocycles. The van der Waals surface area contributed by atoms with Crippen LogP contribution in [0.5, 0.6) is 0 Å². The molecule has 102 valence electrons. The summed E-state index contributed by atoms with van der Waals surface area (Å²) in [5.74, 6) is 0. The Morgan fingerprint density at radius 2 is 1.83 bits per heavy atom. The van der Waals surface area contributed by atoms with E-state index >= 15 is 0 Å². The third kappa shape index (κ3) is 4.74. The van der Waals surface area contributed by atoms with Gasteiger partial charge in [-0.2, -0.15) is 0 Å². The Bertz CT molecular complexity index is 365. The summed E-state index contributed by atoms with van der Waals surface area (Å²) < 4.78 is 0. The maximum atomic E-state index is 9.56. The van der Waals surface area contributed by atoms with Gasteiger partial charge in [0.25, 0.3) is 0 Å². The quantitative estimate of drug-likeness (QED) is 0.571. The molecular formula is C14H24N2O2. The first-order valence-corrected chi connectivity index (χ1v) is 6.41. The van der Waals surface area contributed by atoms with Gasteiger partial charge in [0.05, 0.1) is 12.2 Å². The van der Waals surface area contributed by atoms with Crippen molar-refractivity contribution >= 4 is 0 Å². The Labute approximate surface area is 109 Å². The van der Waals surface area contributed by atoms with Gasteiger partial charge in [0.1, 0.15) is 0 Å². The zero-order chi connectivity index (χ0) is 13.5. The van der Waals surface area contributed by atoms with Gasteiger partial charge in [0, 0.05) is 19.6 Å². The lowest BCUT2D eigenvalue weighted by atomic mass is 9.96. The minimum atomic E-state index is -0.381. The third-order valence-corrected chi connectivity index (χ3v) is 2.84. The van der Waals surface area contributed by atoms with Gasteiger partial charge in [-0.15, -0.1) is 0 Å². The lowest BCUT2D eigenvalue weighted by Crippen LogP contribution is -2.25. The topological polar surface area (TPSA) is 78.5 Å². The predicted molar refractivity (Wildman–Crippen MR) is 73.1 cm³/mol. The molecule has 1 aromatic rings. The monoisotopic (exact) mass is 252 g/mol. The van der Waals surface area contributed by atoms with Crippen LogP contribution in [0.4, 0.5) is 0 Å². The van der Waals surface area contributed by atoms with E-state index in [1.807, 2.05) is 18.2 Å². The van der Waals surface area contributed by atoms with E-state index in [0.29, 0.717) is 26.1 Å². The maximum Gasteiger partial charge on any atom is 0.0636 e. The van der Waals surface area contributed by atoms with Gasteiger partial charge in [0.15, 0.2) is 0 Å². The number of benzene rings is 1. The average Bonchev–Trinajstić information content (AvgIpc) is 2.30. The van der Waals surface area contributed by atoms with E-state index in [4.69, 9.17) is 5.73 Å². The van der Waals surface area contributed by atoms with E-state index in [0.717, 1.165) is 16.7 Å². The zero-order valence-electron chi connectivity index (χ0n) is 11.2. The first kappa shape index (κ1) is 15.1. The Hall–Kier alpha value is -0.940. The van der Waals surface area contributed by atoms with Crippen LogP contribution >= 0.6 is 0 Å². The lowest BCUT2D eigenvalue weighted by molar-refractivity contribution is 0.189. The summed E-state index contributed by atoms with van der Waals surface area (Å²) in [5.41, 5.74) is 9.06. The smallest absolute Gasteiger partial charge is 0.0636 e. The molecule has 1 rings (SSSR count). The van der Waals surface area contributed by atoms with Gasteiger partial charge in [-0.05, 0) is 37.0 Å². The highest BCUT2D eigenvalue weighted by Crippen LogP contribution is 2.17. The number of nitrogens with one attached hydrogen (secondary N) is 1. The third-order valence-electron chi connectivity index (χ3n) is 2.84. The summed E-state index contributed by atoms with van der Waals surface area (Å²) >= 11 is 0. The first-order chi connectivity index (χ1) is 8.54. The van der Waals surface area contributed by atoms with E-state index in [9.17, 15) is 10.2 Å². The van der Waals surface area contributed by atoms with Crippen molar-refractivity contribution < 1.29 is 10.2 Å². The standard InChI is InChI=1S/C14H24N2O2/c1-10(17)6-14-12(7-15)4-3-5-13(14)9-16-8-11(2)18/h3-5,10-11,16-18H,6-9,15H2,1-2H3. The average molecular weight is 252 g/mol. The molecule has 0 spiro atoms. The Balaban J connectivity index is 2.81. The van der Waals surface area contributed by atoms with Gasteiger partial charge < -0.3 is 21.3 Å². The van der Waals surface area contributed by atoms with Crippen molar-refractivity contribution in [3.8, 4) is 0 Å². The second kappa shape index (κ2) is 7.48. The number of hydrogen-bond acceptors (Lipinski definition) is 4. The van der Waals surface area contributed by atoms with Crippen molar-refractivity contribution in [1.82, 2.24) is 5.32 Å². The molecule has 2 unspecified atom stereocenters. The molecule has 0 amide bonds. The van der Waals surface area contributed by atoms with Gasteiger partial charge in [-0.1, -0.05) is 18.2 Å². The van der Waals surface area contributed by atoms with Gasteiger partial charge >= 0.3 is 0 Å². The van der Waals surface area contributed by atoms with Crippen LogP contribution in [-0.4, -0.2) is 29.0 Å². The van der Waals surface area contributed by atoms with Crippen molar-refractivity contribution in [2.45, 2.75) is 45.6 Å². The van der Waals surface area contributed by atoms with Crippen LogP contribution in [0, 0.1) is 0 Å². The molecule has 1 aromatic carbocycles. The fourth-order valence-corrected chi connectivity index (χ4v) is 2.02. The molecule has 0 aliphatic carbocycles. The van der Waals surface area contributed by atoms with Crippen LogP contribution in [0.2, 0.25) is 0 Å². The largest absolute Gasteiger partial charge is 0.393 e. The highest BCUT2D eigenvalue weighted by molar-refractivity contribution is 5.35. The molecule has 0 radical (unpaired) electrons. The van der Waals surface area contributed by atoms with E-state index in [1.165, 1.54) is 0 Å². The highest BCUT2D eigenvalue weighted by Gasteiger charge is 2.10. The Morgan fingerprint density at radius 3 is 2.39 bits per heavy atom. The van der Waals surface area contributed by atoms with E-state index in [2.05, 4.69) is 5.32 Å². The van der Waals surface area contributed by atoms with Crippen molar-refractivity contribution in [3.05, 3.63) is 34.9 Å². The molecule has 0 aromatic heterocycles. The van der Waals surface area contributed by atoms with Crippen LogP contribution in [0.1, 0.15) is 30.5 Å². The SMILES string of the molecule is CC(O)CNCc1cccc(CN)c1CC(C)O. The first-order valence-electron chi connectivity index (χ1n) is 6.41. The number of nitrogens with two attached hydrogens (primary N) is 1. The van der Waals surface area contributed by atoms with Crippen LogP contribution in [-0.2, 0) is 19.5 Å². The van der Waals surface area contributed by atoms with Crippen LogP contribution in [0.15, 0.2) is 18.2 Å². The number of aliphatic hydroxyl groups excluding tert-OH is 2. The minimum Gasteiger partial charge on any atom is -0.393 e. The summed E-state index contributed by atoms with van der Waals surface area (Å²) in [6.07, 6.45) is -0.130. The van der Waals surface area contributed by atoms with Crippen LogP contribution < -0.4 is 11.1 Å². The molecule has 0 saturated carbocycles. The molecule has 0 heterocycles. The summed E-state index contributed by atoms with van der Waals surface area (Å²) in [4.78, 5) is 0. The van der Waals surface area contributed by atoms with Gasteiger partial charge in [-0.3, -0.25) is 0 Å². The number of aliphatic hydroxyl groups is 2. The van der Waals surface area contributed by atoms with E-state index in [-0.39, 0.29) is 12.2 Å². The van der Waals surface area contributed by atoms with E-state index < -0.39 is 0 Å². The molecule has 0 bridgehead atoms. The summed E-state index contributed by atoms with van der Waals surface area (Å²) in [6, 6.07) is 6.01. The molecule has 18 heavy (non-hydrogen) atoms. The summed E-state index contributed by atoms with van der Waals surface area (Å²) in [7, 11) is 0. The molecule has 0 fully saturated rings. The minimum absolute atomic E-state index is 0.358. The normalized spacial score (nSPS) is 14.5. The van der Waals surface area contributed by atoms with Crippen LogP contribution in [0.25, 0.3) is 0 Å². The van der Waals surface area contributed by atoms with Gasteiger partial charge in [-0.25, -0.2) is 0 Å². The zero-order valence-corrected chi connectivity index (χ0v) is 11.2. The molecule has 0 aliphatic rings. The van der Waals surface area contributed by atoms with Crippen molar-refractivity contribution in [3.63, 3.8) is 0 Å². The second-order valence-electron chi connectivity index (χ2n) is 4.79. The second-order valence-corrected chi connectivity index (χ2v) is 4.79. The Kier molecular flexibility index (Phi) is 6.29. The number of hydrogen-bond donors (Lipinski definition) is 4. The molecule has 4 nitrogen and oxygen atoms in total. The van der Waals surface area contributed by atoms with Crippen molar-refractivity contribution in [2.75, 3.05) is 6.54 Å². The Morgan fingerprint density at radius 1 is 1.17 bits per heavy atom. The highest BCUT2D eigenvalue weighted by atomic mass is 16.3. The van der Waals surface area contributed by atoms with E-state index in [1.54, 1.807) is 13.8 Å². The summed E-state index contributed by atoms with van der Waals surface area (Å²) in [6.45, 7) is 5.24.